The summed E-state index contributed by atoms with van der Waals surface area (Å²) in [6.07, 6.45) is 0.792. The minimum absolute atomic E-state index is 0.0200. The maximum Gasteiger partial charge on any atom is 0.317 e. The first kappa shape index (κ1) is 17.3. The van der Waals surface area contributed by atoms with Crippen LogP contribution in [0.5, 0.6) is 0 Å². The molecule has 0 aromatic carbocycles. The summed E-state index contributed by atoms with van der Waals surface area (Å²) in [4.78, 5) is 16.5. The van der Waals surface area contributed by atoms with Gasteiger partial charge in [-0.15, -0.1) is 11.3 Å². The molecule has 0 spiro atoms. The lowest BCUT2D eigenvalue weighted by atomic mass is 10.2. The molecule has 2 heterocycles. The molecule has 2 rings (SSSR count). The Bertz CT molecular complexity index is 639. The first-order chi connectivity index (χ1) is 10.2. The van der Waals surface area contributed by atoms with Crippen molar-refractivity contribution < 1.29 is 13.2 Å². The summed E-state index contributed by atoms with van der Waals surface area (Å²) in [6.45, 7) is 7.78. The summed E-state index contributed by atoms with van der Waals surface area (Å²) >= 11 is 1.74. The van der Waals surface area contributed by atoms with Crippen molar-refractivity contribution in [3.8, 4) is 0 Å². The molecular formula is C15H24N2O3S2. The summed E-state index contributed by atoms with van der Waals surface area (Å²) in [7, 11) is -3.07. The highest BCUT2D eigenvalue weighted by Crippen LogP contribution is 2.20. The van der Waals surface area contributed by atoms with Gasteiger partial charge < -0.3 is 10.2 Å². The zero-order valence-corrected chi connectivity index (χ0v) is 15.1. The fourth-order valence-electron chi connectivity index (χ4n) is 2.70. The average Bonchev–Trinajstić information content (AvgIpc) is 2.81. The zero-order chi connectivity index (χ0) is 16.5. The molecule has 2 amide bonds. The molecule has 22 heavy (non-hydrogen) atoms. The van der Waals surface area contributed by atoms with Crippen molar-refractivity contribution in [3.63, 3.8) is 0 Å². The summed E-state index contributed by atoms with van der Waals surface area (Å²) in [5.74, 6) is 0.0461. The molecule has 1 N–H and O–H groups in total. The third-order valence-corrected chi connectivity index (χ3v) is 7.59. The van der Waals surface area contributed by atoms with E-state index in [1.54, 1.807) is 30.1 Å². The van der Waals surface area contributed by atoms with E-state index in [0.717, 1.165) is 6.42 Å². The third kappa shape index (κ3) is 3.81. The average molecular weight is 345 g/mol. The summed E-state index contributed by atoms with van der Waals surface area (Å²) < 4.78 is 23.7. The van der Waals surface area contributed by atoms with E-state index < -0.39 is 15.1 Å². The van der Waals surface area contributed by atoms with Crippen LogP contribution in [0.1, 0.15) is 30.5 Å². The summed E-state index contributed by atoms with van der Waals surface area (Å²) in [6, 6.07) is 3.71. The monoisotopic (exact) mass is 344 g/mol. The second kappa shape index (κ2) is 6.58. The molecule has 1 aliphatic rings. The molecule has 3 atom stereocenters. The lowest BCUT2D eigenvalue weighted by Crippen LogP contribution is -2.57. The van der Waals surface area contributed by atoms with Gasteiger partial charge in [0.05, 0.1) is 11.0 Å². The quantitative estimate of drug-likeness (QED) is 0.914. The van der Waals surface area contributed by atoms with E-state index in [9.17, 15) is 13.2 Å². The Morgan fingerprint density at radius 2 is 2.14 bits per heavy atom. The first-order valence-corrected chi connectivity index (χ1v) is 10.1. The Labute approximate surface area is 136 Å². The van der Waals surface area contributed by atoms with Crippen LogP contribution in [0, 0.1) is 6.92 Å². The lowest BCUT2D eigenvalue weighted by Gasteiger charge is -2.38. The predicted octanol–water partition coefficient (Wildman–Crippen LogP) is 2.20. The molecule has 5 nitrogen and oxygen atoms in total. The van der Waals surface area contributed by atoms with Crippen molar-refractivity contribution in [2.75, 3.05) is 12.3 Å². The number of amides is 2. The summed E-state index contributed by atoms with van der Waals surface area (Å²) in [5, 5.41) is 2.47. The fourth-order valence-corrected chi connectivity index (χ4v) is 5.29. The SMILES string of the molecule is Cc1ccc(C[C@H](C)NC(=O)N2CCS(=O)(=O)[C@@H](C)[C@H]2C)s1. The van der Waals surface area contributed by atoms with Gasteiger partial charge in [0.25, 0.3) is 0 Å². The minimum atomic E-state index is -3.07. The van der Waals surface area contributed by atoms with Crippen LogP contribution < -0.4 is 5.32 Å². The van der Waals surface area contributed by atoms with Gasteiger partial charge in [-0.2, -0.15) is 0 Å². The highest BCUT2D eigenvalue weighted by Gasteiger charge is 2.38. The van der Waals surface area contributed by atoms with Crippen molar-refractivity contribution in [1.82, 2.24) is 10.2 Å². The number of hydrogen-bond donors (Lipinski definition) is 1. The number of nitrogens with one attached hydrogen (secondary N) is 1. The molecule has 0 saturated carbocycles. The number of urea groups is 1. The van der Waals surface area contributed by atoms with E-state index >= 15 is 0 Å². The van der Waals surface area contributed by atoms with Gasteiger partial charge in [0.1, 0.15) is 0 Å². The van der Waals surface area contributed by atoms with E-state index in [2.05, 4.69) is 24.4 Å². The van der Waals surface area contributed by atoms with E-state index in [-0.39, 0.29) is 30.4 Å². The number of aryl methyl sites for hydroxylation is 1. The lowest BCUT2D eigenvalue weighted by molar-refractivity contribution is 0.175. The smallest absolute Gasteiger partial charge is 0.317 e. The van der Waals surface area contributed by atoms with Gasteiger partial charge in [-0.25, -0.2) is 13.2 Å². The number of hydrogen-bond acceptors (Lipinski definition) is 4. The van der Waals surface area contributed by atoms with Crippen molar-refractivity contribution in [3.05, 3.63) is 21.9 Å². The highest BCUT2D eigenvalue weighted by molar-refractivity contribution is 7.92. The van der Waals surface area contributed by atoms with Gasteiger partial charge in [0, 0.05) is 34.8 Å². The molecular weight excluding hydrogens is 320 g/mol. The number of sulfone groups is 1. The van der Waals surface area contributed by atoms with Crippen molar-refractivity contribution >= 4 is 27.2 Å². The van der Waals surface area contributed by atoms with Crippen LogP contribution in [-0.4, -0.2) is 49.0 Å². The van der Waals surface area contributed by atoms with E-state index in [1.807, 2.05) is 6.92 Å². The minimum Gasteiger partial charge on any atom is -0.335 e. The molecule has 1 aromatic rings. The third-order valence-electron chi connectivity index (χ3n) is 4.29. The number of rotatable bonds is 3. The normalized spacial score (nSPS) is 25.7. The molecule has 0 aliphatic carbocycles. The van der Waals surface area contributed by atoms with Crippen LogP contribution in [0.15, 0.2) is 12.1 Å². The van der Waals surface area contributed by atoms with Gasteiger partial charge in [-0.05, 0) is 39.8 Å². The van der Waals surface area contributed by atoms with Gasteiger partial charge in [-0.1, -0.05) is 0 Å². The molecule has 1 fully saturated rings. The number of carbonyl (C=O) groups is 1. The van der Waals surface area contributed by atoms with Crippen molar-refractivity contribution in [2.24, 2.45) is 0 Å². The maximum atomic E-state index is 12.4. The molecule has 7 heteroatoms. The predicted molar refractivity (Wildman–Crippen MR) is 90.2 cm³/mol. The summed E-state index contributed by atoms with van der Waals surface area (Å²) in [5.41, 5.74) is 0. The first-order valence-electron chi connectivity index (χ1n) is 7.54. The van der Waals surface area contributed by atoms with Crippen LogP contribution in [0.4, 0.5) is 4.79 Å². The van der Waals surface area contributed by atoms with E-state index in [1.165, 1.54) is 9.75 Å². The Morgan fingerprint density at radius 1 is 1.45 bits per heavy atom. The Hall–Kier alpha value is -1.08. The maximum absolute atomic E-state index is 12.4. The van der Waals surface area contributed by atoms with Crippen molar-refractivity contribution in [1.29, 1.82) is 0 Å². The van der Waals surface area contributed by atoms with Crippen molar-refractivity contribution in [2.45, 2.75) is 51.4 Å². The van der Waals surface area contributed by atoms with Crippen LogP contribution in [0.3, 0.4) is 0 Å². The second-order valence-corrected chi connectivity index (χ2v) is 9.92. The van der Waals surface area contributed by atoms with Crippen LogP contribution in [-0.2, 0) is 16.3 Å². The topological polar surface area (TPSA) is 66.5 Å². The fraction of sp³-hybridized carbons (Fsp3) is 0.667. The largest absolute Gasteiger partial charge is 0.335 e. The highest BCUT2D eigenvalue weighted by atomic mass is 32.2. The molecule has 0 radical (unpaired) electrons. The van der Waals surface area contributed by atoms with E-state index in [4.69, 9.17) is 0 Å². The molecule has 0 bridgehead atoms. The van der Waals surface area contributed by atoms with Gasteiger partial charge >= 0.3 is 6.03 Å². The van der Waals surface area contributed by atoms with Crippen LogP contribution in [0.25, 0.3) is 0 Å². The molecule has 124 valence electrons. The Kier molecular flexibility index (Phi) is 5.17. The van der Waals surface area contributed by atoms with Gasteiger partial charge in [-0.3, -0.25) is 0 Å². The Morgan fingerprint density at radius 3 is 2.73 bits per heavy atom. The number of thiophene rings is 1. The standard InChI is InChI=1S/C15H24N2O3S2/c1-10(9-14-6-5-11(2)21-14)16-15(18)17-7-8-22(19,20)13(4)12(17)3/h5-6,10,12-13H,7-9H2,1-4H3,(H,16,18)/t10-,12+,13-/m0/s1. The van der Waals surface area contributed by atoms with E-state index in [0.29, 0.717) is 0 Å². The van der Waals surface area contributed by atoms with Crippen LogP contribution in [0.2, 0.25) is 0 Å². The van der Waals surface area contributed by atoms with Gasteiger partial charge in [0.2, 0.25) is 0 Å². The van der Waals surface area contributed by atoms with Gasteiger partial charge in [0.15, 0.2) is 9.84 Å². The van der Waals surface area contributed by atoms with Crippen LogP contribution >= 0.6 is 11.3 Å². The second-order valence-electron chi connectivity index (χ2n) is 6.07. The zero-order valence-electron chi connectivity index (χ0n) is 13.5. The molecule has 0 unspecified atom stereocenters. The molecule has 1 aliphatic heterocycles. The molecule has 1 saturated heterocycles. The Balaban J connectivity index is 1.94. The molecule has 1 aromatic heterocycles. The number of carbonyl (C=O) groups excluding carboxylic acids is 1. The number of nitrogens with zero attached hydrogens (tertiary/aromatic N) is 1.